The van der Waals surface area contributed by atoms with Crippen LogP contribution in [0.15, 0.2) is 48.5 Å². The van der Waals surface area contributed by atoms with E-state index in [0.717, 1.165) is 37.3 Å². The van der Waals surface area contributed by atoms with Crippen molar-refractivity contribution in [1.29, 1.82) is 0 Å². The van der Waals surface area contributed by atoms with Crippen molar-refractivity contribution >= 4 is 17.3 Å². The fourth-order valence-electron chi connectivity index (χ4n) is 3.45. The summed E-state index contributed by atoms with van der Waals surface area (Å²) in [4.78, 5) is 17.2. The predicted molar refractivity (Wildman–Crippen MR) is 85.1 cm³/mol. The average Bonchev–Trinajstić information content (AvgIpc) is 2.56. The van der Waals surface area contributed by atoms with E-state index in [1.165, 1.54) is 17.7 Å². The Bertz CT molecular complexity index is 681. The van der Waals surface area contributed by atoms with Crippen molar-refractivity contribution in [3.05, 3.63) is 59.7 Å². The lowest BCUT2D eigenvalue weighted by molar-refractivity contribution is 0.0986. The molecule has 2 aromatic carbocycles. The highest BCUT2D eigenvalue weighted by Gasteiger charge is 2.30. The molecule has 2 aromatic rings. The molecule has 0 atom stereocenters. The van der Waals surface area contributed by atoms with Crippen LogP contribution in [-0.4, -0.2) is 25.5 Å². The van der Waals surface area contributed by atoms with Gasteiger partial charge in [0, 0.05) is 25.2 Å². The summed E-state index contributed by atoms with van der Waals surface area (Å²) in [7, 11) is 0. The number of aryl methyl sites for hydroxylation is 1. The van der Waals surface area contributed by atoms with E-state index in [4.69, 9.17) is 0 Å². The van der Waals surface area contributed by atoms with Crippen LogP contribution in [0, 0.1) is 0 Å². The van der Waals surface area contributed by atoms with Gasteiger partial charge in [0.15, 0.2) is 0 Å². The van der Waals surface area contributed by atoms with Crippen LogP contribution in [0.2, 0.25) is 0 Å². The molecular formula is C18H18N2O. The molecule has 0 aromatic heterocycles. The number of carbonyl (C=O) groups excluding carboxylic acids is 1. The monoisotopic (exact) mass is 278 g/mol. The molecule has 3 heteroatoms. The van der Waals surface area contributed by atoms with E-state index in [0.29, 0.717) is 0 Å². The largest absolute Gasteiger partial charge is 0.368 e. The van der Waals surface area contributed by atoms with Crippen LogP contribution < -0.4 is 9.80 Å². The van der Waals surface area contributed by atoms with Gasteiger partial charge in [-0.15, -0.1) is 0 Å². The molecule has 4 rings (SSSR count). The summed E-state index contributed by atoms with van der Waals surface area (Å²) in [6.07, 6.45) is 2.33. The predicted octanol–water partition coefficient (Wildman–Crippen LogP) is 3.10. The quantitative estimate of drug-likeness (QED) is 0.800. The Morgan fingerprint density at radius 3 is 2.62 bits per heavy atom. The van der Waals surface area contributed by atoms with Gasteiger partial charge in [0.05, 0.1) is 11.4 Å². The first-order valence-corrected chi connectivity index (χ1v) is 7.58. The molecule has 0 spiro atoms. The van der Waals surface area contributed by atoms with Gasteiger partial charge < -0.3 is 9.80 Å². The van der Waals surface area contributed by atoms with E-state index < -0.39 is 0 Å². The Morgan fingerprint density at radius 1 is 0.905 bits per heavy atom. The molecule has 2 aliphatic heterocycles. The highest BCUT2D eigenvalue weighted by molar-refractivity contribution is 6.08. The van der Waals surface area contributed by atoms with Gasteiger partial charge >= 0.3 is 0 Å². The number of hydrogen-bond acceptors (Lipinski definition) is 2. The zero-order chi connectivity index (χ0) is 14.2. The van der Waals surface area contributed by atoms with Crippen molar-refractivity contribution in [2.45, 2.75) is 12.8 Å². The fraction of sp³-hybridized carbons (Fsp3) is 0.278. The number of rotatable bonds is 1. The van der Waals surface area contributed by atoms with Crippen LogP contribution in [0.25, 0.3) is 0 Å². The topological polar surface area (TPSA) is 23.6 Å². The highest BCUT2D eigenvalue weighted by Crippen LogP contribution is 2.39. The first kappa shape index (κ1) is 12.5. The van der Waals surface area contributed by atoms with E-state index in [1.54, 1.807) is 0 Å². The average molecular weight is 278 g/mol. The smallest absolute Gasteiger partial charge is 0.258 e. The Hall–Kier alpha value is -2.29. The Balaban J connectivity index is 1.77. The second kappa shape index (κ2) is 4.92. The van der Waals surface area contributed by atoms with Crippen LogP contribution in [0.5, 0.6) is 0 Å². The van der Waals surface area contributed by atoms with Crippen molar-refractivity contribution in [3.8, 4) is 0 Å². The van der Waals surface area contributed by atoms with E-state index in [-0.39, 0.29) is 5.91 Å². The molecule has 1 amide bonds. The number of anilines is 2. The SMILES string of the molecule is O=C(c1ccccc1)N1CCN2CCCc3cccc1c32. The van der Waals surface area contributed by atoms with E-state index in [1.807, 2.05) is 35.2 Å². The zero-order valence-electron chi connectivity index (χ0n) is 12.0. The molecular weight excluding hydrogens is 260 g/mol. The van der Waals surface area contributed by atoms with E-state index >= 15 is 0 Å². The molecule has 0 fully saturated rings. The molecule has 0 N–H and O–H groups in total. The second-order valence-corrected chi connectivity index (χ2v) is 5.70. The van der Waals surface area contributed by atoms with Gasteiger partial charge in [-0.3, -0.25) is 4.79 Å². The Kier molecular flexibility index (Phi) is 2.92. The van der Waals surface area contributed by atoms with E-state index in [9.17, 15) is 4.79 Å². The Morgan fingerprint density at radius 2 is 1.76 bits per heavy atom. The van der Waals surface area contributed by atoms with Gasteiger partial charge in [0.25, 0.3) is 5.91 Å². The maximum atomic E-state index is 12.8. The van der Waals surface area contributed by atoms with Crippen LogP contribution in [0.3, 0.4) is 0 Å². The molecule has 106 valence electrons. The summed E-state index contributed by atoms with van der Waals surface area (Å²) in [6.45, 7) is 2.81. The summed E-state index contributed by atoms with van der Waals surface area (Å²) in [5, 5.41) is 0. The Labute approximate surface area is 124 Å². The third kappa shape index (κ3) is 2.00. The lowest BCUT2D eigenvalue weighted by Gasteiger charge is -2.41. The number of benzene rings is 2. The number of para-hydroxylation sites is 1. The van der Waals surface area contributed by atoms with Crippen molar-refractivity contribution in [2.24, 2.45) is 0 Å². The zero-order valence-corrected chi connectivity index (χ0v) is 12.0. The lowest BCUT2D eigenvalue weighted by atomic mass is 9.97. The summed E-state index contributed by atoms with van der Waals surface area (Å²) in [5.41, 5.74) is 4.50. The number of carbonyl (C=O) groups is 1. The lowest BCUT2D eigenvalue weighted by Crippen LogP contribution is -2.46. The number of nitrogens with zero attached hydrogens (tertiary/aromatic N) is 2. The van der Waals surface area contributed by atoms with Crippen LogP contribution >= 0.6 is 0 Å². The van der Waals surface area contributed by atoms with Gasteiger partial charge in [0.1, 0.15) is 0 Å². The molecule has 0 bridgehead atoms. The molecule has 21 heavy (non-hydrogen) atoms. The summed E-state index contributed by atoms with van der Waals surface area (Å²) in [6, 6.07) is 15.9. The first-order chi connectivity index (χ1) is 10.3. The minimum Gasteiger partial charge on any atom is -0.368 e. The van der Waals surface area contributed by atoms with Gasteiger partial charge in [-0.1, -0.05) is 30.3 Å². The van der Waals surface area contributed by atoms with Crippen molar-refractivity contribution in [3.63, 3.8) is 0 Å². The molecule has 3 nitrogen and oxygen atoms in total. The van der Waals surface area contributed by atoms with Gasteiger partial charge in [-0.2, -0.15) is 0 Å². The normalized spacial score (nSPS) is 16.6. The van der Waals surface area contributed by atoms with Gasteiger partial charge in [-0.05, 0) is 36.6 Å². The van der Waals surface area contributed by atoms with Crippen LogP contribution in [-0.2, 0) is 6.42 Å². The van der Waals surface area contributed by atoms with Crippen molar-refractivity contribution in [1.82, 2.24) is 0 Å². The van der Waals surface area contributed by atoms with Crippen molar-refractivity contribution < 1.29 is 4.79 Å². The van der Waals surface area contributed by atoms with Crippen LogP contribution in [0.4, 0.5) is 11.4 Å². The summed E-state index contributed by atoms with van der Waals surface area (Å²) < 4.78 is 0. The van der Waals surface area contributed by atoms with E-state index in [2.05, 4.69) is 23.1 Å². The number of amides is 1. The minimum atomic E-state index is 0.106. The molecule has 2 heterocycles. The fourth-order valence-corrected chi connectivity index (χ4v) is 3.45. The maximum Gasteiger partial charge on any atom is 0.258 e. The molecule has 0 aliphatic carbocycles. The van der Waals surface area contributed by atoms with Gasteiger partial charge in [-0.25, -0.2) is 0 Å². The molecule has 0 radical (unpaired) electrons. The van der Waals surface area contributed by atoms with Crippen LogP contribution in [0.1, 0.15) is 22.3 Å². The molecule has 2 aliphatic rings. The molecule has 0 unspecified atom stereocenters. The minimum absolute atomic E-state index is 0.106. The second-order valence-electron chi connectivity index (χ2n) is 5.70. The summed E-state index contributed by atoms with van der Waals surface area (Å²) in [5.74, 6) is 0.106. The van der Waals surface area contributed by atoms with Gasteiger partial charge in [0.2, 0.25) is 0 Å². The third-order valence-electron chi connectivity index (χ3n) is 4.44. The maximum absolute atomic E-state index is 12.8. The summed E-state index contributed by atoms with van der Waals surface area (Å²) >= 11 is 0. The highest BCUT2D eigenvalue weighted by atomic mass is 16.2. The third-order valence-corrected chi connectivity index (χ3v) is 4.44. The molecule has 0 saturated carbocycles. The van der Waals surface area contributed by atoms with Crippen molar-refractivity contribution in [2.75, 3.05) is 29.4 Å². The first-order valence-electron chi connectivity index (χ1n) is 7.58. The number of hydrogen-bond donors (Lipinski definition) is 0. The standard InChI is InChI=1S/C18H18N2O/c21-18(15-6-2-1-3-7-15)20-13-12-19-11-5-9-14-8-4-10-16(20)17(14)19/h1-4,6-8,10H,5,9,11-13H2. The molecule has 0 saturated heterocycles.